The highest BCUT2D eigenvalue weighted by atomic mass is 16.5. The Morgan fingerprint density at radius 2 is 1.73 bits per heavy atom. The Morgan fingerprint density at radius 1 is 1.15 bits per heavy atom. The number of nitrogens with two attached hydrogens (primary N) is 1. The summed E-state index contributed by atoms with van der Waals surface area (Å²) in [6.07, 6.45) is 3.40. The maximum Gasteiger partial charge on any atom is 0.146 e. The number of benzene rings is 1. The van der Waals surface area contributed by atoms with E-state index < -0.39 is 0 Å². The van der Waals surface area contributed by atoms with Crippen molar-refractivity contribution in [3.63, 3.8) is 0 Å². The van der Waals surface area contributed by atoms with Crippen molar-refractivity contribution in [3.05, 3.63) is 35.9 Å². The lowest BCUT2D eigenvalue weighted by molar-refractivity contribution is 0.131. The molecule has 0 radical (unpaired) electrons. The molecule has 7 heteroatoms. The van der Waals surface area contributed by atoms with Gasteiger partial charge in [0.15, 0.2) is 0 Å². The van der Waals surface area contributed by atoms with E-state index in [2.05, 4.69) is 4.99 Å². The molecule has 1 aromatic carbocycles. The van der Waals surface area contributed by atoms with E-state index in [1.807, 2.05) is 36.1 Å². The second-order valence-electron chi connectivity index (χ2n) is 6.29. The number of rotatable bonds is 5. The van der Waals surface area contributed by atoms with Crippen LogP contribution in [0.25, 0.3) is 0 Å². The predicted molar refractivity (Wildman–Crippen MR) is 105 cm³/mol. The maximum absolute atomic E-state index is 8.32. The van der Waals surface area contributed by atoms with Gasteiger partial charge in [-0.25, -0.2) is 4.99 Å². The number of methoxy groups -OCH3 is 1. The minimum Gasteiger partial charge on any atom is -0.497 e. The first kappa shape index (κ1) is 19.5. The number of nitrogens with one attached hydrogen (secondary N) is 2. The van der Waals surface area contributed by atoms with Crippen molar-refractivity contribution in [1.82, 2.24) is 4.90 Å². The van der Waals surface area contributed by atoms with Gasteiger partial charge in [0.05, 0.1) is 12.9 Å². The first-order valence-electron chi connectivity index (χ1n) is 8.61. The minimum absolute atomic E-state index is 0.0602. The number of ether oxygens (including phenoxy) is 2. The van der Waals surface area contributed by atoms with E-state index in [1.54, 1.807) is 20.1 Å². The Morgan fingerprint density at radius 3 is 2.27 bits per heavy atom. The number of piperidine rings is 1. The van der Waals surface area contributed by atoms with Crippen molar-refractivity contribution in [1.29, 1.82) is 10.8 Å². The van der Waals surface area contributed by atoms with Crippen LogP contribution in [0.2, 0.25) is 0 Å². The number of hydrogen-bond acceptors (Lipinski definition) is 4. The van der Waals surface area contributed by atoms with Gasteiger partial charge in [-0.2, -0.15) is 0 Å². The molecule has 0 spiro atoms. The number of amidine groups is 3. The second kappa shape index (κ2) is 9.03. The molecule has 1 fully saturated rings. The molecule has 0 atom stereocenters. The van der Waals surface area contributed by atoms with Gasteiger partial charge in [-0.1, -0.05) is 0 Å². The molecule has 0 aromatic heterocycles. The van der Waals surface area contributed by atoms with E-state index in [-0.39, 0.29) is 11.9 Å². The van der Waals surface area contributed by atoms with Gasteiger partial charge in [-0.3, -0.25) is 10.8 Å². The molecule has 2 rings (SSSR count). The zero-order valence-electron chi connectivity index (χ0n) is 15.6. The summed E-state index contributed by atoms with van der Waals surface area (Å²) in [4.78, 5) is 5.88. The number of hydrogen-bond donors (Lipinski definition) is 3. The number of nitrogens with zero attached hydrogens (tertiary/aromatic N) is 2. The van der Waals surface area contributed by atoms with Gasteiger partial charge in [0, 0.05) is 25.9 Å². The van der Waals surface area contributed by atoms with E-state index in [4.69, 9.17) is 26.0 Å². The monoisotopic (exact) mass is 357 g/mol. The summed E-state index contributed by atoms with van der Waals surface area (Å²) in [5.41, 5.74) is 6.18. The van der Waals surface area contributed by atoms with Gasteiger partial charge in [0.25, 0.3) is 0 Å². The van der Waals surface area contributed by atoms with E-state index in [9.17, 15) is 0 Å². The standard InChI is InChI=1S/C19H27N5O2/c1-13(12-18(21)23-14(2)20)19(22)24-10-8-17(9-11-24)26-16-6-4-15(25-3)5-7-16/h4-7,12,17,22H,8-11H2,1-3H3,(H3,20,21,23)/b13-12-,22-19?. The predicted octanol–water partition coefficient (Wildman–Crippen LogP) is 2.82. The van der Waals surface area contributed by atoms with Gasteiger partial charge in [0.2, 0.25) is 0 Å². The van der Waals surface area contributed by atoms with Crippen LogP contribution in [0.1, 0.15) is 26.7 Å². The molecule has 0 aliphatic carbocycles. The third-order valence-electron chi connectivity index (χ3n) is 4.14. The van der Waals surface area contributed by atoms with Crippen LogP contribution in [-0.4, -0.2) is 48.7 Å². The van der Waals surface area contributed by atoms with Crippen LogP contribution in [-0.2, 0) is 0 Å². The Kier molecular flexibility index (Phi) is 6.77. The summed E-state index contributed by atoms with van der Waals surface area (Å²) in [5.74, 6) is 2.45. The molecule has 1 saturated heterocycles. The summed E-state index contributed by atoms with van der Waals surface area (Å²) in [6, 6.07) is 7.58. The van der Waals surface area contributed by atoms with Crippen LogP contribution < -0.4 is 15.2 Å². The quantitative estimate of drug-likeness (QED) is 0.556. The van der Waals surface area contributed by atoms with Crippen molar-refractivity contribution in [3.8, 4) is 11.5 Å². The molecule has 1 heterocycles. The summed E-state index contributed by atoms with van der Waals surface area (Å²) in [7, 11) is 1.64. The first-order chi connectivity index (χ1) is 12.4. The van der Waals surface area contributed by atoms with Gasteiger partial charge < -0.3 is 20.1 Å². The lowest BCUT2D eigenvalue weighted by atomic mass is 10.1. The van der Waals surface area contributed by atoms with Crippen LogP contribution >= 0.6 is 0 Å². The van der Waals surface area contributed by atoms with Gasteiger partial charge in [0.1, 0.15) is 29.3 Å². The van der Waals surface area contributed by atoms with Crippen molar-refractivity contribution in [2.75, 3.05) is 20.2 Å². The molecule has 0 amide bonds. The van der Waals surface area contributed by atoms with E-state index in [0.29, 0.717) is 17.2 Å². The van der Waals surface area contributed by atoms with Crippen LogP contribution in [0.15, 0.2) is 40.9 Å². The molecule has 0 unspecified atom stereocenters. The average molecular weight is 357 g/mol. The molecule has 4 N–H and O–H groups in total. The summed E-state index contributed by atoms with van der Waals surface area (Å²) in [6.45, 7) is 4.95. The average Bonchev–Trinajstić information content (AvgIpc) is 2.61. The second-order valence-corrected chi connectivity index (χ2v) is 6.29. The number of likely N-dealkylation sites (tertiary alicyclic amines) is 1. The van der Waals surface area contributed by atoms with Crippen molar-refractivity contribution in [2.45, 2.75) is 32.8 Å². The molecule has 0 saturated carbocycles. The largest absolute Gasteiger partial charge is 0.497 e. The molecule has 7 nitrogen and oxygen atoms in total. The SMILES string of the molecule is COc1ccc(OC2CCN(C(=N)/C(C)=C\C(=N)N=C(C)N)CC2)cc1. The van der Waals surface area contributed by atoms with Crippen LogP contribution in [0.4, 0.5) is 0 Å². The number of aliphatic imine (C=N–C) groups is 1. The maximum atomic E-state index is 8.32. The fourth-order valence-electron chi connectivity index (χ4n) is 2.79. The molecule has 1 aromatic rings. The lowest BCUT2D eigenvalue weighted by Gasteiger charge is -2.34. The minimum atomic E-state index is 0.0602. The smallest absolute Gasteiger partial charge is 0.146 e. The van der Waals surface area contributed by atoms with E-state index in [0.717, 1.165) is 37.4 Å². The van der Waals surface area contributed by atoms with Crippen LogP contribution in [0.5, 0.6) is 11.5 Å². The van der Waals surface area contributed by atoms with Gasteiger partial charge >= 0.3 is 0 Å². The van der Waals surface area contributed by atoms with Crippen molar-refractivity contribution in [2.24, 2.45) is 10.7 Å². The zero-order valence-corrected chi connectivity index (χ0v) is 15.6. The Bertz CT molecular complexity index is 697. The third kappa shape index (κ3) is 5.61. The zero-order chi connectivity index (χ0) is 19.1. The van der Waals surface area contributed by atoms with E-state index in [1.165, 1.54) is 0 Å². The summed E-state index contributed by atoms with van der Waals surface area (Å²) in [5, 5.41) is 16.1. The first-order valence-corrected chi connectivity index (χ1v) is 8.61. The summed E-state index contributed by atoms with van der Waals surface area (Å²) >= 11 is 0. The topological polar surface area (TPSA) is 108 Å². The highest BCUT2D eigenvalue weighted by Crippen LogP contribution is 2.22. The van der Waals surface area contributed by atoms with Crippen molar-refractivity contribution < 1.29 is 9.47 Å². The highest BCUT2D eigenvalue weighted by Gasteiger charge is 2.23. The normalized spacial score (nSPS) is 16.3. The van der Waals surface area contributed by atoms with Gasteiger partial charge in [-0.05, 0) is 49.8 Å². The van der Waals surface area contributed by atoms with Crippen molar-refractivity contribution >= 4 is 17.5 Å². The fourth-order valence-corrected chi connectivity index (χ4v) is 2.79. The Labute approximate surface area is 154 Å². The molecule has 1 aliphatic heterocycles. The molecule has 140 valence electrons. The highest BCUT2D eigenvalue weighted by molar-refractivity contribution is 6.06. The van der Waals surface area contributed by atoms with E-state index >= 15 is 0 Å². The fraction of sp³-hybridized carbons (Fsp3) is 0.421. The molecular formula is C19H27N5O2. The Balaban J connectivity index is 1.86. The molecule has 1 aliphatic rings. The van der Waals surface area contributed by atoms with Crippen LogP contribution in [0, 0.1) is 10.8 Å². The van der Waals surface area contributed by atoms with Crippen LogP contribution in [0.3, 0.4) is 0 Å². The molecule has 0 bridgehead atoms. The lowest BCUT2D eigenvalue weighted by Crippen LogP contribution is -2.41. The van der Waals surface area contributed by atoms with Gasteiger partial charge in [-0.15, -0.1) is 0 Å². The summed E-state index contributed by atoms with van der Waals surface area (Å²) < 4.78 is 11.2. The third-order valence-corrected chi connectivity index (χ3v) is 4.14. The molecule has 26 heavy (non-hydrogen) atoms. The molecular weight excluding hydrogens is 330 g/mol. The Hall–Kier alpha value is -2.83.